The van der Waals surface area contributed by atoms with Gasteiger partial charge in [-0.25, -0.2) is 4.79 Å². The highest BCUT2D eigenvalue weighted by Crippen LogP contribution is 2.51. The van der Waals surface area contributed by atoms with E-state index in [0.717, 1.165) is 0 Å². The molecule has 0 bridgehead atoms. The lowest BCUT2D eigenvalue weighted by Crippen LogP contribution is -2.64. The third kappa shape index (κ3) is 2.38. The minimum absolute atomic E-state index is 0.167. The van der Waals surface area contributed by atoms with E-state index in [-0.39, 0.29) is 17.0 Å². The van der Waals surface area contributed by atoms with Gasteiger partial charge in [0.25, 0.3) is 5.91 Å². The van der Waals surface area contributed by atoms with Crippen LogP contribution < -0.4 is 0 Å². The summed E-state index contributed by atoms with van der Waals surface area (Å²) in [5.41, 5.74) is 0. The Kier molecular flexibility index (Phi) is 3.43. The second-order valence-electron chi connectivity index (χ2n) is 5.75. The number of thioether (sulfide) groups is 1. The molecule has 3 unspecified atom stereocenters. The van der Waals surface area contributed by atoms with E-state index in [4.69, 9.17) is 4.42 Å². The van der Waals surface area contributed by atoms with Crippen molar-refractivity contribution in [2.24, 2.45) is 4.99 Å². The normalized spacial score (nSPS) is 28.7. The number of β-lactam (4-membered cyclic amide) rings is 1. The molecule has 0 aliphatic carbocycles. The molecule has 3 rings (SSSR count). The van der Waals surface area contributed by atoms with Crippen LogP contribution in [-0.4, -0.2) is 55.2 Å². The Morgan fingerprint density at radius 1 is 1.57 bits per heavy atom. The number of rotatable bonds is 4. The van der Waals surface area contributed by atoms with Gasteiger partial charge in [0.1, 0.15) is 16.3 Å². The predicted octanol–water partition coefficient (Wildman–Crippen LogP) is 1.12. The minimum atomic E-state index is -1.04. The van der Waals surface area contributed by atoms with E-state index in [1.807, 2.05) is 0 Å². The number of carbonyl (C=O) groups excluding carboxylic acids is 1. The summed E-state index contributed by atoms with van der Waals surface area (Å²) in [7, 11) is 0. The van der Waals surface area contributed by atoms with Gasteiger partial charge in [-0.1, -0.05) is 0 Å². The number of furan rings is 1. The van der Waals surface area contributed by atoms with Crippen molar-refractivity contribution in [1.29, 1.82) is 0 Å². The quantitative estimate of drug-likeness (QED) is 0.377. The summed E-state index contributed by atoms with van der Waals surface area (Å²) in [5, 5.41) is 19.5. The third-order valence-electron chi connectivity index (χ3n) is 3.80. The van der Waals surface area contributed by atoms with Gasteiger partial charge in [-0.15, -0.1) is 11.8 Å². The molecule has 1 aromatic heterocycles. The van der Waals surface area contributed by atoms with Crippen LogP contribution in [0.15, 0.2) is 21.5 Å². The average Bonchev–Trinajstić information content (AvgIpc) is 3.00. The van der Waals surface area contributed by atoms with Crippen molar-refractivity contribution in [2.45, 2.75) is 36.1 Å². The highest BCUT2D eigenvalue weighted by molar-refractivity contribution is 8.01. The Morgan fingerprint density at radius 3 is 2.83 bits per heavy atom. The van der Waals surface area contributed by atoms with Crippen LogP contribution in [0.1, 0.15) is 19.6 Å². The van der Waals surface area contributed by atoms with Crippen LogP contribution in [0, 0.1) is 10.1 Å². The highest BCUT2D eigenvalue weighted by Gasteiger charge is 2.63. The Labute approximate surface area is 134 Å². The van der Waals surface area contributed by atoms with E-state index in [1.54, 1.807) is 13.8 Å². The maximum absolute atomic E-state index is 12.2. The summed E-state index contributed by atoms with van der Waals surface area (Å²) >= 11 is 1.38. The molecule has 2 aliphatic heterocycles. The largest absolute Gasteiger partial charge is 0.480 e. The number of carboxylic acids is 1. The maximum atomic E-state index is 12.2. The van der Waals surface area contributed by atoms with Gasteiger partial charge in [0.15, 0.2) is 11.8 Å². The summed E-state index contributed by atoms with van der Waals surface area (Å²) < 4.78 is 4.33. The number of fused-ring (bicyclic) bond motifs is 1. The van der Waals surface area contributed by atoms with E-state index in [9.17, 15) is 24.8 Å². The molecule has 1 amide bonds. The number of aliphatic imine (C=N–C) groups is 1. The molecule has 0 saturated carbocycles. The summed E-state index contributed by atoms with van der Waals surface area (Å²) in [4.78, 5) is 38.9. The molecule has 122 valence electrons. The first-order chi connectivity index (χ1) is 10.7. The van der Waals surface area contributed by atoms with Gasteiger partial charge < -0.3 is 14.4 Å². The monoisotopic (exact) mass is 339 g/mol. The number of amides is 1. The van der Waals surface area contributed by atoms with Crippen molar-refractivity contribution in [3.63, 3.8) is 0 Å². The third-order valence-corrected chi connectivity index (χ3v) is 5.36. The van der Waals surface area contributed by atoms with E-state index >= 15 is 0 Å². The lowest BCUT2D eigenvalue weighted by atomic mass is 9.96. The second kappa shape index (κ2) is 5.08. The van der Waals surface area contributed by atoms with Gasteiger partial charge in [-0.05, 0) is 19.9 Å². The van der Waals surface area contributed by atoms with Crippen molar-refractivity contribution in [1.82, 2.24) is 4.90 Å². The number of nitro groups is 1. The molecule has 2 fully saturated rings. The van der Waals surface area contributed by atoms with Crippen molar-refractivity contribution in [3.05, 3.63) is 28.0 Å². The second-order valence-corrected chi connectivity index (χ2v) is 7.53. The molecule has 10 heteroatoms. The van der Waals surface area contributed by atoms with Crippen LogP contribution >= 0.6 is 11.8 Å². The number of carboxylic acid groups (broad SMARTS) is 1. The smallest absolute Gasteiger partial charge is 0.433 e. The number of hydrogen-bond donors (Lipinski definition) is 1. The Bertz CT molecular complexity index is 727. The standard InChI is InChI=1S/C13H13N3O6S/c1-13(2)9(12(18)19)15-10(17)8(11(15)23-13)14-5-6-3-4-7(22-6)16(20)21/h3-5,8-9,11H,1-2H3,(H,18,19). The molecule has 0 radical (unpaired) electrons. The van der Waals surface area contributed by atoms with Crippen LogP contribution in [0.25, 0.3) is 0 Å². The fourth-order valence-corrected chi connectivity index (χ4v) is 4.41. The molecule has 3 atom stereocenters. The zero-order valence-electron chi connectivity index (χ0n) is 12.2. The van der Waals surface area contributed by atoms with Gasteiger partial charge >= 0.3 is 11.9 Å². The predicted molar refractivity (Wildman–Crippen MR) is 80.5 cm³/mol. The maximum Gasteiger partial charge on any atom is 0.433 e. The molecule has 0 aromatic carbocycles. The first-order valence-electron chi connectivity index (χ1n) is 6.72. The first kappa shape index (κ1) is 15.5. The van der Waals surface area contributed by atoms with Gasteiger partial charge in [-0.2, -0.15) is 0 Å². The fourth-order valence-electron chi connectivity index (χ4n) is 2.79. The Hall–Kier alpha value is -2.36. The summed E-state index contributed by atoms with van der Waals surface area (Å²) in [6, 6.07) is 0.993. The number of aliphatic carboxylic acids is 1. The fraction of sp³-hybridized carbons (Fsp3) is 0.462. The van der Waals surface area contributed by atoms with Gasteiger partial charge in [0.05, 0.1) is 12.3 Å². The molecule has 1 aromatic rings. The van der Waals surface area contributed by atoms with Crippen LogP contribution in [0.5, 0.6) is 0 Å². The van der Waals surface area contributed by atoms with Gasteiger partial charge in [0, 0.05) is 4.75 Å². The van der Waals surface area contributed by atoms with Crippen molar-refractivity contribution in [2.75, 3.05) is 0 Å². The zero-order valence-corrected chi connectivity index (χ0v) is 13.0. The molecule has 2 aliphatic rings. The van der Waals surface area contributed by atoms with Crippen molar-refractivity contribution in [3.8, 4) is 0 Å². The summed E-state index contributed by atoms with van der Waals surface area (Å²) in [5.74, 6) is -1.64. The SMILES string of the molecule is CC1(C)SC2C(N=Cc3ccc([N+](=O)[O-])o3)C(=O)N2C1C(=O)O. The molecule has 3 heterocycles. The lowest BCUT2D eigenvalue weighted by molar-refractivity contribution is -0.402. The zero-order chi connectivity index (χ0) is 16.9. The van der Waals surface area contributed by atoms with E-state index in [0.29, 0.717) is 0 Å². The first-order valence-corrected chi connectivity index (χ1v) is 7.60. The van der Waals surface area contributed by atoms with Crippen LogP contribution in [0.4, 0.5) is 5.88 Å². The average molecular weight is 339 g/mol. The lowest BCUT2D eigenvalue weighted by Gasteiger charge is -2.41. The van der Waals surface area contributed by atoms with Gasteiger partial charge in [-0.3, -0.25) is 19.9 Å². The molecular formula is C13H13N3O6S. The number of hydrogen-bond acceptors (Lipinski definition) is 7. The summed E-state index contributed by atoms with van der Waals surface area (Å²) in [6.45, 7) is 3.55. The Balaban J connectivity index is 1.76. The van der Waals surface area contributed by atoms with Crippen LogP contribution in [-0.2, 0) is 9.59 Å². The van der Waals surface area contributed by atoms with Crippen LogP contribution in [0.3, 0.4) is 0 Å². The van der Waals surface area contributed by atoms with Crippen molar-refractivity contribution < 1.29 is 24.0 Å². The van der Waals surface area contributed by atoms with Gasteiger partial charge in [0.2, 0.25) is 0 Å². The van der Waals surface area contributed by atoms with E-state index in [2.05, 4.69) is 4.99 Å². The number of nitrogens with zero attached hydrogens (tertiary/aromatic N) is 3. The highest BCUT2D eigenvalue weighted by atomic mass is 32.2. The molecule has 23 heavy (non-hydrogen) atoms. The van der Waals surface area contributed by atoms with Crippen LogP contribution in [0.2, 0.25) is 0 Å². The number of carbonyl (C=O) groups is 2. The molecular weight excluding hydrogens is 326 g/mol. The molecule has 0 spiro atoms. The van der Waals surface area contributed by atoms with E-state index in [1.165, 1.54) is 35.0 Å². The van der Waals surface area contributed by atoms with Crippen molar-refractivity contribution >= 4 is 35.7 Å². The topological polar surface area (TPSA) is 126 Å². The molecule has 9 nitrogen and oxygen atoms in total. The molecule has 1 N–H and O–H groups in total. The summed E-state index contributed by atoms with van der Waals surface area (Å²) in [6.07, 6.45) is 1.26. The minimum Gasteiger partial charge on any atom is -0.480 e. The van der Waals surface area contributed by atoms with E-state index < -0.39 is 33.6 Å². The Morgan fingerprint density at radius 2 is 2.26 bits per heavy atom. The molecule has 2 saturated heterocycles.